The monoisotopic (exact) mass is 397 g/mol. The van der Waals surface area contributed by atoms with Gasteiger partial charge in [-0.25, -0.2) is 4.79 Å². The van der Waals surface area contributed by atoms with Crippen LogP contribution in [-0.2, 0) is 14.3 Å². The number of hydrogen-bond donors (Lipinski definition) is 3. The van der Waals surface area contributed by atoms with Crippen LogP contribution in [0.4, 0.5) is 17.1 Å². The van der Waals surface area contributed by atoms with Crippen molar-refractivity contribution in [1.82, 2.24) is 0 Å². The van der Waals surface area contributed by atoms with E-state index in [0.29, 0.717) is 22.6 Å². The van der Waals surface area contributed by atoms with E-state index in [9.17, 15) is 14.4 Å². The first-order valence-electron chi connectivity index (χ1n) is 9.63. The summed E-state index contributed by atoms with van der Waals surface area (Å²) in [4.78, 5) is 35.9. The first-order chi connectivity index (χ1) is 13.9. The van der Waals surface area contributed by atoms with Gasteiger partial charge in [0, 0.05) is 30.5 Å². The highest BCUT2D eigenvalue weighted by molar-refractivity contribution is 6.00. The number of benzene rings is 2. The first kappa shape index (κ1) is 21.9. The molecule has 0 fully saturated rings. The summed E-state index contributed by atoms with van der Waals surface area (Å²) >= 11 is 0. The lowest BCUT2D eigenvalue weighted by atomic mass is 10.1. The van der Waals surface area contributed by atoms with Gasteiger partial charge < -0.3 is 20.7 Å². The molecular weight excluding hydrogens is 370 g/mol. The number of carbonyl (C=O) groups excluding carboxylic acids is 3. The van der Waals surface area contributed by atoms with E-state index in [0.717, 1.165) is 19.4 Å². The number of rotatable bonds is 9. The van der Waals surface area contributed by atoms with Gasteiger partial charge in [0.1, 0.15) is 0 Å². The van der Waals surface area contributed by atoms with Crippen molar-refractivity contribution in [3.8, 4) is 0 Å². The molecule has 7 heteroatoms. The van der Waals surface area contributed by atoms with Gasteiger partial charge in [-0.05, 0) is 49.7 Å². The molecule has 7 nitrogen and oxygen atoms in total. The summed E-state index contributed by atoms with van der Waals surface area (Å²) in [5, 5.41) is 8.56. The Balaban J connectivity index is 1.95. The van der Waals surface area contributed by atoms with Crippen LogP contribution in [0.3, 0.4) is 0 Å². The molecule has 0 aliphatic heterocycles. The molecule has 2 rings (SSSR count). The zero-order chi connectivity index (χ0) is 21.2. The van der Waals surface area contributed by atoms with E-state index in [2.05, 4.69) is 22.9 Å². The molecule has 2 aromatic carbocycles. The van der Waals surface area contributed by atoms with Crippen LogP contribution in [0.2, 0.25) is 0 Å². The molecule has 2 amide bonds. The molecule has 0 aromatic heterocycles. The first-order valence-corrected chi connectivity index (χ1v) is 9.63. The highest BCUT2D eigenvalue weighted by Gasteiger charge is 2.20. The Bertz CT molecular complexity index is 849. The minimum Gasteiger partial charge on any atom is -0.449 e. The highest BCUT2D eigenvalue weighted by atomic mass is 16.5. The lowest BCUT2D eigenvalue weighted by molar-refractivity contribution is -0.123. The fourth-order valence-corrected chi connectivity index (χ4v) is 2.58. The second kappa shape index (κ2) is 10.8. The van der Waals surface area contributed by atoms with Crippen molar-refractivity contribution in [3.63, 3.8) is 0 Å². The van der Waals surface area contributed by atoms with Crippen LogP contribution in [0.15, 0.2) is 48.5 Å². The topological polar surface area (TPSA) is 96.5 Å². The predicted octanol–water partition coefficient (Wildman–Crippen LogP) is 4.04. The third kappa shape index (κ3) is 6.95. The van der Waals surface area contributed by atoms with Gasteiger partial charge in [-0.3, -0.25) is 9.59 Å². The summed E-state index contributed by atoms with van der Waals surface area (Å²) in [7, 11) is 0. The van der Waals surface area contributed by atoms with Crippen molar-refractivity contribution in [2.24, 2.45) is 0 Å². The van der Waals surface area contributed by atoms with Gasteiger partial charge >= 0.3 is 5.97 Å². The zero-order valence-electron chi connectivity index (χ0n) is 17.0. The molecule has 154 valence electrons. The maximum atomic E-state index is 12.5. The minimum atomic E-state index is -0.971. The molecule has 0 unspecified atom stereocenters. The Morgan fingerprint density at radius 2 is 1.59 bits per heavy atom. The average molecular weight is 397 g/mol. The maximum Gasteiger partial charge on any atom is 0.341 e. The van der Waals surface area contributed by atoms with Crippen molar-refractivity contribution in [3.05, 3.63) is 54.1 Å². The van der Waals surface area contributed by atoms with Crippen molar-refractivity contribution >= 4 is 34.8 Å². The van der Waals surface area contributed by atoms with Gasteiger partial charge in [0.15, 0.2) is 6.10 Å². The highest BCUT2D eigenvalue weighted by Crippen LogP contribution is 2.18. The quantitative estimate of drug-likeness (QED) is 0.438. The molecule has 29 heavy (non-hydrogen) atoms. The summed E-state index contributed by atoms with van der Waals surface area (Å²) in [5.41, 5.74) is 2.24. The number of nitrogens with one attached hydrogen (secondary N) is 3. The molecular formula is C22H27N3O4. The normalized spacial score (nSPS) is 11.3. The minimum absolute atomic E-state index is 0.174. The van der Waals surface area contributed by atoms with E-state index in [4.69, 9.17) is 4.74 Å². The third-order valence-corrected chi connectivity index (χ3v) is 4.12. The summed E-state index contributed by atoms with van der Waals surface area (Å²) in [6.07, 6.45) is 1.06. The van der Waals surface area contributed by atoms with Crippen LogP contribution in [0.1, 0.15) is 44.0 Å². The van der Waals surface area contributed by atoms with Crippen molar-refractivity contribution in [2.45, 2.75) is 39.7 Å². The number of carbonyl (C=O) groups is 3. The predicted molar refractivity (Wildman–Crippen MR) is 114 cm³/mol. The van der Waals surface area contributed by atoms with Gasteiger partial charge in [0.25, 0.3) is 5.91 Å². The van der Waals surface area contributed by atoms with Crippen molar-refractivity contribution in [2.75, 3.05) is 22.5 Å². The van der Waals surface area contributed by atoms with Crippen LogP contribution in [0, 0.1) is 0 Å². The molecule has 0 radical (unpaired) electrons. The summed E-state index contributed by atoms with van der Waals surface area (Å²) in [5.74, 6) is -1.18. The lowest BCUT2D eigenvalue weighted by Gasteiger charge is -2.16. The molecule has 0 saturated carbocycles. The number of unbranched alkanes of at least 4 members (excludes halogenated alkanes) is 1. The van der Waals surface area contributed by atoms with Crippen LogP contribution >= 0.6 is 0 Å². The van der Waals surface area contributed by atoms with E-state index in [1.165, 1.54) is 13.8 Å². The van der Waals surface area contributed by atoms with Crippen LogP contribution in [0.5, 0.6) is 0 Å². The summed E-state index contributed by atoms with van der Waals surface area (Å²) in [6, 6.07) is 13.7. The summed E-state index contributed by atoms with van der Waals surface area (Å²) < 4.78 is 5.35. The van der Waals surface area contributed by atoms with Crippen molar-refractivity contribution < 1.29 is 19.1 Å². The number of hydrogen-bond acceptors (Lipinski definition) is 5. The lowest BCUT2D eigenvalue weighted by Crippen LogP contribution is -2.30. The Labute approximate surface area is 170 Å². The summed E-state index contributed by atoms with van der Waals surface area (Å²) in [6.45, 7) is 5.79. The molecule has 0 spiro atoms. The number of ether oxygens (including phenoxy) is 1. The van der Waals surface area contributed by atoms with Crippen LogP contribution < -0.4 is 16.0 Å². The van der Waals surface area contributed by atoms with E-state index in [-0.39, 0.29) is 5.91 Å². The van der Waals surface area contributed by atoms with Gasteiger partial charge in [0.2, 0.25) is 5.91 Å². The van der Waals surface area contributed by atoms with Gasteiger partial charge in [-0.15, -0.1) is 0 Å². The Morgan fingerprint density at radius 3 is 2.21 bits per heavy atom. The molecule has 0 bridgehead atoms. The average Bonchev–Trinajstić information content (AvgIpc) is 2.69. The van der Waals surface area contributed by atoms with E-state index in [1.54, 1.807) is 36.4 Å². The van der Waals surface area contributed by atoms with Gasteiger partial charge in [-0.2, -0.15) is 0 Å². The Hall–Kier alpha value is -3.35. The van der Waals surface area contributed by atoms with Gasteiger partial charge in [0.05, 0.1) is 5.56 Å². The maximum absolute atomic E-state index is 12.5. The molecule has 2 aromatic rings. The fraction of sp³-hybridized carbons (Fsp3) is 0.318. The standard InChI is InChI=1S/C22H27N3O4/c1-4-5-14-23-20-9-7-6-8-19(20)22(28)29-15(2)21(27)25-18-12-10-17(11-13-18)24-16(3)26/h6-13,15,23H,4-5,14H2,1-3H3,(H,24,26)(H,25,27)/t15-/m1/s1. The Kier molecular flexibility index (Phi) is 8.21. The van der Waals surface area contributed by atoms with E-state index in [1.807, 2.05) is 12.1 Å². The van der Waals surface area contributed by atoms with Crippen LogP contribution in [0.25, 0.3) is 0 Å². The molecule has 1 atom stereocenters. The molecule has 0 aliphatic rings. The Morgan fingerprint density at radius 1 is 0.966 bits per heavy atom. The largest absolute Gasteiger partial charge is 0.449 e. The van der Waals surface area contributed by atoms with E-state index < -0.39 is 18.0 Å². The number of anilines is 3. The number of amides is 2. The van der Waals surface area contributed by atoms with E-state index >= 15 is 0 Å². The second-order valence-electron chi connectivity index (χ2n) is 6.62. The molecule has 0 aliphatic carbocycles. The van der Waals surface area contributed by atoms with Crippen LogP contribution in [-0.4, -0.2) is 30.4 Å². The molecule has 0 heterocycles. The molecule has 3 N–H and O–H groups in total. The number of para-hydroxylation sites is 1. The number of esters is 1. The van der Waals surface area contributed by atoms with Gasteiger partial charge in [-0.1, -0.05) is 25.5 Å². The molecule has 0 saturated heterocycles. The second-order valence-corrected chi connectivity index (χ2v) is 6.62. The smallest absolute Gasteiger partial charge is 0.341 e. The van der Waals surface area contributed by atoms with Crippen molar-refractivity contribution in [1.29, 1.82) is 0 Å². The SMILES string of the molecule is CCCCNc1ccccc1C(=O)O[C@H](C)C(=O)Nc1ccc(NC(C)=O)cc1. The third-order valence-electron chi connectivity index (χ3n) is 4.12. The fourth-order valence-electron chi connectivity index (χ4n) is 2.58. The zero-order valence-corrected chi connectivity index (χ0v) is 17.0.